The fourth-order valence-corrected chi connectivity index (χ4v) is 3.72. The number of carboxylic acid groups (broad SMARTS) is 1. The van der Waals surface area contributed by atoms with Crippen molar-refractivity contribution in [1.82, 2.24) is 10.6 Å². The molecule has 150 valence electrons. The Hall–Kier alpha value is -3.33. The van der Waals surface area contributed by atoms with Crippen molar-refractivity contribution in [1.29, 1.82) is 5.26 Å². The van der Waals surface area contributed by atoms with E-state index in [4.69, 9.17) is 10.4 Å². The van der Waals surface area contributed by atoms with Gasteiger partial charge in [0.15, 0.2) is 0 Å². The van der Waals surface area contributed by atoms with Crippen LogP contribution < -0.4 is 10.6 Å². The maximum Gasteiger partial charge on any atom is 0.315 e. The summed E-state index contributed by atoms with van der Waals surface area (Å²) < 4.78 is 0. The number of nitriles is 1. The molecular formula is C23H25N3O3. The highest BCUT2D eigenvalue weighted by Gasteiger charge is 2.26. The Morgan fingerprint density at radius 3 is 2.38 bits per heavy atom. The summed E-state index contributed by atoms with van der Waals surface area (Å²) >= 11 is 0. The molecule has 1 aliphatic carbocycles. The number of carboxylic acids is 1. The van der Waals surface area contributed by atoms with E-state index in [2.05, 4.69) is 16.7 Å². The summed E-state index contributed by atoms with van der Waals surface area (Å²) in [6.07, 6.45) is 2.58. The molecule has 0 saturated heterocycles. The largest absolute Gasteiger partial charge is 0.481 e. The Kier molecular flexibility index (Phi) is 6.50. The van der Waals surface area contributed by atoms with Crippen LogP contribution >= 0.6 is 0 Å². The molecule has 0 aromatic heterocycles. The minimum absolute atomic E-state index is 0.0209. The second-order valence-electron chi connectivity index (χ2n) is 7.54. The van der Waals surface area contributed by atoms with Crippen molar-refractivity contribution in [3.63, 3.8) is 0 Å². The quantitative estimate of drug-likeness (QED) is 0.710. The van der Waals surface area contributed by atoms with Crippen LogP contribution in [0, 0.1) is 17.2 Å². The van der Waals surface area contributed by atoms with Crippen molar-refractivity contribution < 1.29 is 14.7 Å². The number of nitrogens with zero attached hydrogens (tertiary/aromatic N) is 1. The lowest BCUT2D eigenvalue weighted by Gasteiger charge is -2.27. The molecule has 0 aliphatic heterocycles. The normalized spacial score (nSPS) is 19.6. The Bertz CT molecular complexity index is 910. The number of urea groups is 1. The molecule has 1 fully saturated rings. The van der Waals surface area contributed by atoms with E-state index in [1.165, 1.54) is 0 Å². The molecule has 3 N–H and O–H groups in total. The molecule has 6 heteroatoms. The standard InChI is InChI=1S/C23H25N3O3/c1-15(25-23(29)26-21-11-9-19(10-12-21)22(27)28)17-5-7-18(8-6-17)20-4-2-3-16(13-20)14-24/h2-8,13,15,19,21H,9-12H2,1H3,(H,27,28)(H2,25,26,29). The van der Waals surface area contributed by atoms with E-state index in [1.54, 1.807) is 6.07 Å². The third-order valence-electron chi connectivity index (χ3n) is 5.49. The van der Waals surface area contributed by atoms with Gasteiger partial charge in [-0.05, 0) is 61.4 Å². The van der Waals surface area contributed by atoms with E-state index in [-0.39, 0.29) is 24.0 Å². The van der Waals surface area contributed by atoms with Gasteiger partial charge in [0.05, 0.1) is 23.6 Å². The van der Waals surface area contributed by atoms with Crippen LogP contribution in [0.1, 0.15) is 49.8 Å². The lowest BCUT2D eigenvalue weighted by Crippen LogP contribution is -2.44. The van der Waals surface area contributed by atoms with Gasteiger partial charge in [-0.25, -0.2) is 4.79 Å². The van der Waals surface area contributed by atoms with E-state index in [0.29, 0.717) is 31.2 Å². The molecule has 2 aromatic rings. The molecule has 0 radical (unpaired) electrons. The van der Waals surface area contributed by atoms with Crippen molar-refractivity contribution in [2.45, 2.75) is 44.7 Å². The van der Waals surface area contributed by atoms with Crippen molar-refractivity contribution in [3.05, 3.63) is 59.7 Å². The number of rotatable bonds is 5. The fourth-order valence-electron chi connectivity index (χ4n) is 3.72. The van der Waals surface area contributed by atoms with Crippen LogP contribution in [0.5, 0.6) is 0 Å². The first-order valence-corrected chi connectivity index (χ1v) is 9.86. The predicted molar refractivity (Wildman–Crippen MR) is 110 cm³/mol. The molecule has 1 saturated carbocycles. The summed E-state index contributed by atoms with van der Waals surface area (Å²) in [5.41, 5.74) is 3.59. The summed E-state index contributed by atoms with van der Waals surface area (Å²) in [6, 6.07) is 17.1. The third-order valence-corrected chi connectivity index (χ3v) is 5.49. The Balaban J connectivity index is 1.54. The summed E-state index contributed by atoms with van der Waals surface area (Å²) in [5.74, 6) is -1.04. The maximum absolute atomic E-state index is 12.3. The van der Waals surface area contributed by atoms with Crippen molar-refractivity contribution in [2.75, 3.05) is 0 Å². The van der Waals surface area contributed by atoms with Crippen molar-refractivity contribution in [3.8, 4) is 17.2 Å². The van der Waals surface area contributed by atoms with Gasteiger partial charge in [0, 0.05) is 6.04 Å². The van der Waals surface area contributed by atoms with Gasteiger partial charge in [0.2, 0.25) is 0 Å². The molecule has 2 amide bonds. The molecule has 0 bridgehead atoms. The topological polar surface area (TPSA) is 102 Å². The number of amides is 2. The zero-order valence-corrected chi connectivity index (χ0v) is 16.4. The van der Waals surface area contributed by atoms with E-state index < -0.39 is 5.97 Å². The molecular weight excluding hydrogens is 366 g/mol. The van der Waals surface area contributed by atoms with Crippen LogP contribution in [0.4, 0.5) is 4.79 Å². The fraction of sp³-hybridized carbons (Fsp3) is 0.348. The zero-order chi connectivity index (χ0) is 20.8. The van der Waals surface area contributed by atoms with E-state index in [0.717, 1.165) is 16.7 Å². The Labute approximate surface area is 170 Å². The van der Waals surface area contributed by atoms with E-state index >= 15 is 0 Å². The first-order chi connectivity index (χ1) is 14.0. The minimum Gasteiger partial charge on any atom is -0.481 e. The van der Waals surface area contributed by atoms with Crippen molar-refractivity contribution >= 4 is 12.0 Å². The third kappa shape index (κ3) is 5.35. The van der Waals surface area contributed by atoms with Crippen LogP contribution in [-0.2, 0) is 4.79 Å². The van der Waals surface area contributed by atoms with E-state index in [1.807, 2.05) is 49.4 Å². The number of hydrogen-bond acceptors (Lipinski definition) is 3. The highest BCUT2D eigenvalue weighted by molar-refractivity contribution is 5.75. The molecule has 3 rings (SSSR count). The van der Waals surface area contributed by atoms with Gasteiger partial charge in [-0.15, -0.1) is 0 Å². The Morgan fingerprint density at radius 2 is 1.76 bits per heavy atom. The highest BCUT2D eigenvalue weighted by Crippen LogP contribution is 2.25. The molecule has 0 spiro atoms. The second kappa shape index (κ2) is 9.24. The van der Waals surface area contributed by atoms with Crippen LogP contribution in [0.2, 0.25) is 0 Å². The molecule has 1 unspecified atom stereocenters. The number of nitrogens with one attached hydrogen (secondary N) is 2. The summed E-state index contributed by atoms with van der Waals surface area (Å²) in [7, 11) is 0. The lowest BCUT2D eigenvalue weighted by molar-refractivity contribution is -0.142. The van der Waals surface area contributed by atoms with Gasteiger partial charge >= 0.3 is 12.0 Å². The van der Waals surface area contributed by atoms with Crippen LogP contribution in [0.25, 0.3) is 11.1 Å². The van der Waals surface area contributed by atoms with Gasteiger partial charge in [-0.2, -0.15) is 5.26 Å². The predicted octanol–water partition coefficient (Wildman–Crippen LogP) is 4.23. The molecule has 29 heavy (non-hydrogen) atoms. The van der Waals surface area contributed by atoms with Crippen LogP contribution in [0.3, 0.4) is 0 Å². The minimum atomic E-state index is -0.746. The molecule has 1 atom stereocenters. The SMILES string of the molecule is CC(NC(=O)NC1CCC(C(=O)O)CC1)c1ccc(-c2cccc(C#N)c2)cc1. The van der Waals surface area contributed by atoms with Gasteiger partial charge < -0.3 is 15.7 Å². The zero-order valence-electron chi connectivity index (χ0n) is 16.4. The maximum atomic E-state index is 12.3. The average molecular weight is 391 g/mol. The van der Waals surface area contributed by atoms with Crippen LogP contribution in [0.15, 0.2) is 48.5 Å². The Morgan fingerprint density at radius 1 is 1.07 bits per heavy atom. The van der Waals surface area contributed by atoms with E-state index in [9.17, 15) is 9.59 Å². The van der Waals surface area contributed by atoms with Gasteiger partial charge in [0.25, 0.3) is 0 Å². The average Bonchev–Trinajstić information content (AvgIpc) is 2.74. The van der Waals surface area contributed by atoms with Gasteiger partial charge in [-0.3, -0.25) is 4.79 Å². The number of carbonyl (C=O) groups excluding carboxylic acids is 1. The molecule has 0 heterocycles. The van der Waals surface area contributed by atoms with Gasteiger partial charge in [-0.1, -0.05) is 36.4 Å². The first kappa shape index (κ1) is 20.4. The number of benzene rings is 2. The van der Waals surface area contributed by atoms with Crippen LogP contribution in [-0.4, -0.2) is 23.1 Å². The summed E-state index contributed by atoms with van der Waals surface area (Å²) in [6.45, 7) is 1.92. The van der Waals surface area contributed by atoms with Gasteiger partial charge in [0.1, 0.15) is 0 Å². The molecule has 2 aromatic carbocycles. The van der Waals surface area contributed by atoms with Crippen molar-refractivity contribution in [2.24, 2.45) is 5.92 Å². The number of carbonyl (C=O) groups is 2. The first-order valence-electron chi connectivity index (χ1n) is 9.86. The molecule has 6 nitrogen and oxygen atoms in total. The number of aliphatic carboxylic acids is 1. The highest BCUT2D eigenvalue weighted by atomic mass is 16.4. The summed E-state index contributed by atoms with van der Waals surface area (Å²) in [5, 5.41) is 24.0. The number of hydrogen-bond donors (Lipinski definition) is 3. The second-order valence-corrected chi connectivity index (χ2v) is 7.54. The summed E-state index contributed by atoms with van der Waals surface area (Å²) in [4.78, 5) is 23.3. The lowest BCUT2D eigenvalue weighted by atomic mass is 9.86. The smallest absolute Gasteiger partial charge is 0.315 e. The monoisotopic (exact) mass is 391 g/mol. The molecule has 1 aliphatic rings.